The molecule has 220 valence electrons. The Morgan fingerprint density at radius 1 is 1.10 bits per heavy atom. The second kappa shape index (κ2) is 10.3. The van der Waals surface area contributed by atoms with E-state index in [1.54, 1.807) is 6.92 Å². The van der Waals surface area contributed by atoms with E-state index < -0.39 is 52.7 Å². The molecule has 1 unspecified atom stereocenters. The fraction of sp³-hybridized carbons (Fsp3) is 0.897. The number of epoxide rings is 1. The summed E-state index contributed by atoms with van der Waals surface area (Å²) in [6, 6.07) is 0. The molecule has 1 N–H and O–H groups in total. The van der Waals surface area contributed by atoms with E-state index in [0.717, 1.165) is 12.8 Å². The molecule has 12 atom stereocenters. The van der Waals surface area contributed by atoms with Crippen LogP contribution in [0.4, 0.5) is 0 Å². The number of aliphatic hydroxyl groups is 1. The standard InChI is InChI=1S/C29H44O10/c1-7-15(2)25(33)39-24-20(32)12-21-27(6,22-11-19-8-9-34-26(19)38-22)16(3)10-23(37-18(5)31)28(21,13-35-17(4)30)29(24)14-36-29/h15-16,19-24,26,32H,7-14H2,1-6H3/t15?,16-,19-,20+,21-,22+,23+,24+,26+,27+,28+,29-/m1/s1. The molecule has 2 aliphatic carbocycles. The summed E-state index contributed by atoms with van der Waals surface area (Å²) < 4.78 is 36.4. The van der Waals surface area contributed by atoms with Crippen LogP contribution in [-0.4, -0.2) is 79.1 Å². The lowest BCUT2D eigenvalue weighted by Gasteiger charge is -2.65. The number of carbonyl (C=O) groups excluding carboxylic acids is 3. The van der Waals surface area contributed by atoms with Gasteiger partial charge in [-0.15, -0.1) is 0 Å². The smallest absolute Gasteiger partial charge is 0.309 e. The third-order valence-electron chi connectivity index (χ3n) is 10.9. The highest BCUT2D eigenvalue weighted by Crippen LogP contribution is 2.70. The quantitative estimate of drug-likeness (QED) is 0.286. The van der Waals surface area contributed by atoms with E-state index >= 15 is 0 Å². The van der Waals surface area contributed by atoms with E-state index in [1.807, 2.05) is 6.92 Å². The zero-order valence-corrected chi connectivity index (χ0v) is 24.0. The molecule has 3 heterocycles. The van der Waals surface area contributed by atoms with Crippen molar-refractivity contribution in [2.24, 2.45) is 34.5 Å². The first kappa shape index (κ1) is 28.8. The lowest BCUT2D eigenvalue weighted by atomic mass is 9.41. The Hall–Kier alpha value is -1.75. The molecule has 0 aromatic heterocycles. The van der Waals surface area contributed by atoms with Crippen LogP contribution in [0.2, 0.25) is 0 Å². The van der Waals surface area contributed by atoms with Gasteiger partial charge in [0.1, 0.15) is 18.3 Å². The molecule has 0 radical (unpaired) electrons. The molecule has 2 saturated carbocycles. The van der Waals surface area contributed by atoms with Crippen molar-refractivity contribution < 1.29 is 47.9 Å². The first-order chi connectivity index (χ1) is 18.4. The molecule has 0 aromatic rings. The van der Waals surface area contributed by atoms with Crippen LogP contribution in [0.1, 0.15) is 73.6 Å². The molecule has 5 fully saturated rings. The summed E-state index contributed by atoms with van der Waals surface area (Å²) in [6.45, 7) is 11.5. The van der Waals surface area contributed by atoms with E-state index in [4.69, 9.17) is 28.4 Å². The van der Waals surface area contributed by atoms with E-state index in [2.05, 4.69) is 13.8 Å². The van der Waals surface area contributed by atoms with E-state index in [0.29, 0.717) is 25.4 Å². The molecule has 5 rings (SSSR count). The van der Waals surface area contributed by atoms with Crippen molar-refractivity contribution in [3.63, 3.8) is 0 Å². The van der Waals surface area contributed by atoms with Crippen molar-refractivity contribution in [1.29, 1.82) is 0 Å². The minimum Gasteiger partial charge on any atom is -0.465 e. The third kappa shape index (κ3) is 4.41. The summed E-state index contributed by atoms with van der Waals surface area (Å²) in [6.07, 6.45) is -0.0393. The fourth-order valence-corrected chi connectivity index (χ4v) is 8.29. The third-order valence-corrected chi connectivity index (χ3v) is 10.9. The van der Waals surface area contributed by atoms with Crippen LogP contribution in [0.15, 0.2) is 0 Å². The number of hydrogen-bond donors (Lipinski definition) is 1. The Labute approximate surface area is 230 Å². The summed E-state index contributed by atoms with van der Waals surface area (Å²) in [4.78, 5) is 37.7. The fourth-order valence-electron chi connectivity index (χ4n) is 8.29. The monoisotopic (exact) mass is 552 g/mol. The Balaban J connectivity index is 1.62. The second-order valence-corrected chi connectivity index (χ2v) is 12.8. The lowest BCUT2D eigenvalue weighted by Crippen LogP contribution is -2.74. The van der Waals surface area contributed by atoms with Gasteiger partial charge in [-0.1, -0.05) is 27.7 Å². The van der Waals surface area contributed by atoms with Crippen molar-refractivity contribution in [1.82, 2.24) is 0 Å². The first-order valence-electron chi connectivity index (χ1n) is 14.5. The minimum atomic E-state index is -1.18. The van der Waals surface area contributed by atoms with Crippen LogP contribution in [0, 0.1) is 34.5 Å². The van der Waals surface area contributed by atoms with Gasteiger partial charge in [-0.3, -0.25) is 14.4 Å². The molecule has 3 aliphatic heterocycles. The Morgan fingerprint density at radius 3 is 2.41 bits per heavy atom. The Kier molecular flexibility index (Phi) is 7.57. The van der Waals surface area contributed by atoms with Crippen LogP contribution in [0.25, 0.3) is 0 Å². The van der Waals surface area contributed by atoms with Crippen molar-refractivity contribution in [2.45, 2.75) is 110 Å². The maximum Gasteiger partial charge on any atom is 0.309 e. The SMILES string of the molecule is CCC(C)C(=O)O[C@H]1[C@@H](O)C[C@@H]2[C@@](C)([C@@H]3C[C@H]4CCO[C@H]4O3)[C@H](C)C[C@H](OC(C)=O)[C@@]2(COC(C)=O)[C@@]12CO2. The highest BCUT2D eigenvalue weighted by Gasteiger charge is 2.81. The van der Waals surface area contributed by atoms with E-state index in [-0.39, 0.29) is 49.8 Å². The van der Waals surface area contributed by atoms with Crippen LogP contribution in [-0.2, 0) is 42.8 Å². The normalized spacial score (nSPS) is 47.2. The summed E-state index contributed by atoms with van der Waals surface area (Å²) in [5.41, 5.74) is -2.75. The largest absolute Gasteiger partial charge is 0.465 e. The van der Waals surface area contributed by atoms with Crippen molar-refractivity contribution in [2.75, 3.05) is 19.8 Å². The molecule has 0 bridgehead atoms. The van der Waals surface area contributed by atoms with Gasteiger partial charge in [0, 0.05) is 25.2 Å². The number of fused-ring (bicyclic) bond motifs is 3. The second-order valence-electron chi connectivity index (χ2n) is 12.8. The number of aliphatic hydroxyl groups excluding tert-OH is 1. The molecule has 10 nitrogen and oxygen atoms in total. The number of rotatable bonds is 7. The van der Waals surface area contributed by atoms with Crippen molar-refractivity contribution in [3.8, 4) is 0 Å². The summed E-state index contributed by atoms with van der Waals surface area (Å²) in [7, 11) is 0. The predicted octanol–water partition coefficient (Wildman–Crippen LogP) is 2.77. The summed E-state index contributed by atoms with van der Waals surface area (Å²) >= 11 is 0. The zero-order chi connectivity index (χ0) is 28.3. The van der Waals surface area contributed by atoms with Gasteiger partial charge < -0.3 is 33.5 Å². The number of esters is 3. The Morgan fingerprint density at radius 2 is 1.82 bits per heavy atom. The van der Waals surface area contributed by atoms with Gasteiger partial charge in [0.25, 0.3) is 0 Å². The predicted molar refractivity (Wildman–Crippen MR) is 136 cm³/mol. The number of carbonyl (C=O) groups is 3. The lowest BCUT2D eigenvalue weighted by molar-refractivity contribution is -0.285. The average Bonchev–Trinajstić information content (AvgIpc) is 3.36. The average molecular weight is 553 g/mol. The first-order valence-corrected chi connectivity index (χ1v) is 14.5. The molecule has 0 aromatic carbocycles. The topological polar surface area (TPSA) is 130 Å². The summed E-state index contributed by atoms with van der Waals surface area (Å²) in [5, 5.41) is 11.6. The van der Waals surface area contributed by atoms with Gasteiger partial charge in [-0.2, -0.15) is 0 Å². The molecule has 39 heavy (non-hydrogen) atoms. The minimum absolute atomic E-state index is 0.0309. The van der Waals surface area contributed by atoms with Crippen LogP contribution in [0.3, 0.4) is 0 Å². The van der Waals surface area contributed by atoms with E-state index in [1.165, 1.54) is 13.8 Å². The van der Waals surface area contributed by atoms with Gasteiger partial charge in [0.05, 0.1) is 36.8 Å². The highest BCUT2D eigenvalue weighted by molar-refractivity contribution is 5.72. The van der Waals surface area contributed by atoms with Gasteiger partial charge in [0.2, 0.25) is 0 Å². The van der Waals surface area contributed by atoms with Crippen LogP contribution < -0.4 is 0 Å². The molecule has 10 heteroatoms. The maximum atomic E-state index is 13.0. The molecule has 5 aliphatic rings. The van der Waals surface area contributed by atoms with Gasteiger partial charge in [-0.25, -0.2) is 0 Å². The molecule has 0 amide bonds. The molecular weight excluding hydrogens is 508 g/mol. The highest BCUT2D eigenvalue weighted by atomic mass is 16.7. The summed E-state index contributed by atoms with van der Waals surface area (Å²) in [5.74, 6) is -1.70. The maximum absolute atomic E-state index is 13.0. The van der Waals surface area contributed by atoms with E-state index in [9.17, 15) is 19.5 Å². The van der Waals surface area contributed by atoms with Crippen LogP contribution >= 0.6 is 0 Å². The van der Waals surface area contributed by atoms with Crippen molar-refractivity contribution >= 4 is 17.9 Å². The Bertz CT molecular complexity index is 967. The van der Waals surface area contributed by atoms with Crippen molar-refractivity contribution in [3.05, 3.63) is 0 Å². The molecular formula is C29H44O10. The van der Waals surface area contributed by atoms with Gasteiger partial charge >= 0.3 is 17.9 Å². The zero-order valence-electron chi connectivity index (χ0n) is 24.0. The van der Waals surface area contributed by atoms with Gasteiger partial charge in [0.15, 0.2) is 12.4 Å². The molecule has 1 spiro atoms. The number of ether oxygens (including phenoxy) is 6. The molecule has 3 saturated heterocycles. The van der Waals surface area contributed by atoms with Crippen LogP contribution in [0.5, 0.6) is 0 Å². The van der Waals surface area contributed by atoms with Gasteiger partial charge in [-0.05, 0) is 43.9 Å². The number of hydrogen-bond acceptors (Lipinski definition) is 10.